The van der Waals surface area contributed by atoms with Crippen LogP contribution >= 0.6 is 0 Å². The average molecular weight is 354 g/mol. The maximum absolute atomic E-state index is 5.49. The van der Waals surface area contributed by atoms with Gasteiger partial charge >= 0.3 is 0 Å². The molecule has 0 radical (unpaired) electrons. The highest BCUT2D eigenvalue weighted by Crippen LogP contribution is 2.06. The first kappa shape index (κ1) is 22.1. The summed E-state index contributed by atoms with van der Waals surface area (Å²) in [5.41, 5.74) is 1.18. The van der Waals surface area contributed by atoms with Gasteiger partial charge in [-0.25, -0.2) is 0 Å². The molecule has 0 N–H and O–H groups in total. The van der Waals surface area contributed by atoms with Gasteiger partial charge in [-0.2, -0.15) is 0 Å². The van der Waals surface area contributed by atoms with E-state index in [9.17, 15) is 0 Å². The molecule has 0 aliphatic heterocycles. The molecule has 25 heavy (non-hydrogen) atoms. The van der Waals surface area contributed by atoms with Gasteiger partial charge in [-0.15, -0.1) is 0 Å². The molecule has 1 aromatic rings. The van der Waals surface area contributed by atoms with E-state index < -0.39 is 0 Å². The van der Waals surface area contributed by atoms with E-state index in [4.69, 9.17) is 23.7 Å². The lowest BCUT2D eigenvalue weighted by Crippen LogP contribution is -2.06. The number of methoxy groups -OCH3 is 1. The Morgan fingerprint density at radius 3 is 1.80 bits per heavy atom. The molecule has 0 bridgehead atoms. The molecule has 0 atom stereocenters. The van der Waals surface area contributed by atoms with Crippen LogP contribution in [0.3, 0.4) is 0 Å². The lowest BCUT2D eigenvalue weighted by molar-refractivity contribution is -0.0665. The highest BCUT2D eigenvalue weighted by atomic mass is 16.7. The smallest absolute Gasteiger partial charge is 0.147 e. The van der Waals surface area contributed by atoms with Crippen molar-refractivity contribution in [3.8, 4) is 0 Å². The number of hydrogen-bond acceptors (Lipinski definition) is 5. The molecule has 0 saturated heterocycles. The van der Waals surface area contributed by atoms with Gasteiger partial charge < -0.3 is 23.7 Å². The second-order valence-electron chi connectivity index (χ2n) is 5.91. The van der Waals surface area contributed by atoms with Crippen molar-refractivity contribution in [1.82, 2.24) is 0 Å². The maximum Gasteiger partial charge on any atom is 0.147 e. The number of rotatable bonds is 18. The van der Waals surface area contributed by atoms with E-state index in [0.717, 1.165) is 26.1 Å². The minimum absolute atomic E-state index is 0.368. The number of unbranched alkanes of at least 4 members (excludes halogenated alkanes) is 5. The topological polar surface area (TPSA) is 46.2 Å². The van der Waals surface area contributed by atoms with E-state index in [1.807, 2.05) is 18.2 Å². The molecule has 0 amide bonds. The molecule has 5 nitrogen and oxygen atoms in total. The lowest BCUT2D eigenvalue weighted by Gasteiger charge is -2.06. The van der Waals surface area contributed by atoms with E-state index in [1.165, 1.54) is 31.2 Å². The Morgan fingerprint density at radius 2 is 1.16 bits per heavy atom. The zero-order valence-electron chi connectivity index (χ0n) is 15.6. The number of benzene rings is 1. The minimum Gasteiger partial charge on any atom is -0.382 e. The summed E-state index contributed by atoms with van der Waals surface area (Å²) in [6, 6.07) is 10.1. The van der Waals surface area contributed by atoms with Crippen LogP contribution in [0.2, 0.25) is 0 Å². The lowest BCUT2D eigenvalue weighted by atomic mass is 10.1. The molecule has 1 rings (SSSR count). The van der Waals surface area contributed by atoms with Gasteiger partial charge in [-0.1, -0.05) is 56.0 Å². The van der Waals surface area contributed by atoms with Crippen molar-refractivity contribution in [1.29, 1.82) is 0 Å². The summed E-state index contributed by atoms with van der Waals surface area (Å²) < 4.78 is 26.5. The van der Waals surface area contributed by atoms with E-state index >= 15 is 0 Å². The Morgan fingerprint density at radius 1 is 0.600 bits per heavy atom. The van der Waals surface area contributed by atoms with Gasteiger partial charge in [0.1, 0.15) is 13.6 Å². The Labute approximate surface area is 152 Å². The normalized spacial score (nSPS) is 11.1. The molecule has 0 aromatic heterocycles. The van der Waals surface area contributed by atoms with Crippen molar-refractivity contribution < 1.29 is 23.7 Å². The number of ether oxygens (including phenoxy) is 5. The van der Waals surface area contributed by atoms with Crippen molar-refractivity contribution in [2.75, 3.05) is 47.1 Å². The van der Waals surface area contributed by atoms with Crippen LogP contribution in [0.4, 0.5) is 0 Å². The molecule has 144 valence electrons. The van der Waals surface area contributed by atoms with Crippen LogP contribution in [0.15, 0.2) is 30.3 Å². The van der Waals surface area contributed by atoms with E-state index in [1.54, 1.807) is 7.11 Å². The maximum atomic E-state index is 5.49. The Balaban J connectivity index is 1.69. The molecule has 1 aromatic carbocycles. The third kappa shape index (κ3) is 15.0. The SMILES string of the molecule is COCCOCOCCCCCCCCOCOCc1ccccc1. The first-order chi connectivity index (χ1) is 12.4. The van der Waals surface area contributed by atoms with Crippen molar-refractivity contribution >= 4 is 0 Å². The van der Waals surface area contributed by atoms with Crippen molar-refractivity contribution in [2.24, 2.45) is 0 Å². The summed E-state index contributed by atoms with van der Waals surface area (Å²) in [5.74, 6) is 0. The molecule has 0 unspecified atom stereocenters. The predicted molar refractivity (Wildman–Crippen MR) is 98.4 cm³/mol. The first-order valence-corrected chi connectivity index (χ1v) is 9.27. The Bertz CT molecular complexity index is 372. The van der Waals surface area contributed by atoms with Crippen LogP contribution in [0, 0.1) is 0 Å². The quantitative estimate of drug-likeness (QED) is 0.293. The fraction of sp³-hybridized carbons (Fsp3) is 0.700. The molecule has 0 spiro atoms. The van der Waals surface area contributed by atoms with Crippen LogP contribution in [0.25, 0.3) is 0 Å². The van der Waals surface area contributed by atoms with Crippen LogP contribution in [-0.2, 0) is 30.3 Å². The minimum atomic E-state index is 0.368. The zero-order valence-corrected chi connectivity index (χ0v) is 15.6. The molecule has 0 aliphatic rings. The Kier molecular flexibility index (Phi) is 15.7. The summed E-state index contributed by atoms with van der Waals surface area (Å²) in [6.45, 7) is 4.11. The van der Waals surface area contributed by atoms with Crippen LogP contribution in [0.5, 0.6) is 0 Å². The average Bonchev–Trinajstić information content (AvgIpc) is 2.65. The fourth-order valence-electron chi connectivity index (χ4n) is 2.29. The monoisotopic (exact) mass is 354 g/mol. The van der Waals surface area contributed by atoms with Crippen molar-refractivity contribution in [2.45, 2.75) is 45.1 Å². The predicted octanol–water partition coefficient (Wildman–Crippen LogP) is 4.16. The summed E-state index contributed by atoms with van der Waals surface area (Å²) in [4.78, 5) is 0. The summed E-state index contributed by atoms with van der Waals surface area (Å²) >= 11 is 0. The van der Waals surface area contributed by atoms with E-state index in [0.29, 0.717) is 33.4 Å². The van der Waals surface area contributed by atoms with Gasteiger partial charge in [0.15, 0.2) is 0 Å². The zero-order chi connectivity index (χ0) is 17.8. The van der Waals surface area contributed by atoms with Crippen LogP contribution < -0.4 is 0 Å². The third-order valence-electron chi connectivity index (χ3n) is 3.70. The molecular weight excluding hydrogens is 320 g/mol. The molecule has 0 heterocycles. The van der Waals surface area contributed by atoms with Gasteiger partial charge in [0, 0.05) is 20.3 Å². The molecule has 5 heteroatoms. The van der Waals surface area contributed by atoms with Crippen LogP contribution in [-0.4, -0.2) is 47.1 Å². The standard InChI is InChI=1S/C20H34O5/c1-21-15-16-24-18-22-13-9-4-2-3-5-10-14-23-19-25-17-20-11-7-6-8-12-20/h6-8,11-12H,2-5,9-10,13-19H2,1H3. The van der Waals surface area contributed by atoms with Gasteiger partial charge in [0.2, 0.25) is 0 Å². The largest absolute Gasteiger partial charge is 0.382 e. The summed E-state index contributed by atoms with van der Waals surface area (Å²) in [7, 11) is 1.66. The first-order valence-electron chi connectivity index (χ1n) is 9.27. The second kappa shape index (κ2) is 17.8. The third-order valence-corrected chi connectivity index (χ3v) is 3.70. The fourth-order valence-corrected chi connectivity index (χ4v) is 2.29. The van der Waals surface area contributed by atoms with E-state index in [-0.39, 0.29) is 0 Å². The van der Waals surface area contributed by atoms with Crippen molar-refractivity contribution in [3.63, 3.8) is 0 Å². The van der Waals surface area contributed by atoms with E-state index in [2.05, 4.69) is 12.1 Å². The van der Waals surface area contributed by atoms with Crippen molar-refractivity contribution in [3.05, 3.63) is 35.9 Å². The highest BCUT2D eigenvalue weighted by molar-refractivity contribution is 5.13. The summed E-state index contributed by atoms with van der Waals surface area (Å²) in [5, 5.41) is 0. The molecule has 0 saturated carbocycles. The second-order valence-corrected chi connectivity index (χ2v) is 5.91. The van der Waals surface area contributed by atoms with Gasteiger partial charge in [0.05, 0.1) is 19.8 Å². The van der Waals surface area contributed by atoms with Crippen LogP contribution in [0.1, 0.15) is 44.1 Å². The molecular formula is C20H34O5. The highest BCUT2D eigenvalue weighted by Gasteiger charge is 1.95. The number of hydrogen-bond donors (Lipinski definition) is 0. The van der Waals surface area contributed by atoms with Gasteiger partial charge in [-0.05, 0) is 18.4 Å². The van der Waals surface area contributed by atoms with Gasteiger partial charge in [-0.3, -0.25) is 0 Å². The molecule has 0 aliphatic carbocycles. The van der Waals surface area contributed by atoms with Gasteiger partial charge in [0.25, 0.3) is 0 Å². The summed E-state index contributed by atoms with van der Waals surface area (Å²) in [6.07, 6.45) is 7.10. The Hall–Kier alpha value is -0.980. The molecule has 0 fully saturated rings.